The van der Waals surface area contributed by atoms with Crippen LogP contribution in [-0.2, 0) is 9.47 Å². The summed E-state index contributed by atoms with van der Waals surface area (Å²) in [5, 5.41) is 0. The lowest BCUT2D eigenvalue weighted by atomic mass is 10.4. The number of carbonyl (C=O) groups excluding carboxylic acids is 2. The van der Waals surface area contributed by atoms with E-state index in [-0.39, 0.29) is 8.89 Å². The van der Waals surface area contributed by atoms with E-state index in [1.165, 1.54) is 67.1 Å². The molecule has 154 valence electrons. The fourth-order valence-electron chi connectivity index (χ4n) is 2.23. The Morgan fingerprint density at radius 2 is 1.04 bits per heavy atom. The average Bonchev–Trinajstić information content (AvgIpc) is 2.73. The second-order valence-corrected chi connectivity index (χ2v) is 12.6. The fraction of sp³-hybridized carbons (Fsp3) is 0.500. The summed E-state index contributed by atoms with van der Waals surface area (Å²) >= 11 is 2.53. The maximum Gasteiger partial charge on any atom is 0.271 e. The smallest absolute Gasteiger partial charge is 0.271 e. The number of rotatable bonds is 6. The van der Waals surface area contributed by atoms with E-state index in [0.717, 1.165) is 36.0 Å². The number of nitrogens with zero attached hydrogens (tertiary/aromatic N) is 2. The van der Waals surface area contributed by atoms with Gasteiger partial charge in [-0.15, -0.1) is 0 Å². The van der Waals surface area contributed by atoms with Crippen molar-refractivity contribution in [1.82, 2.24) is 8.61 Å². The molecule has 0 saturated carbocycles. The summed E-state index contributed by atoms with van der Waals surface area (Å²) in [6.45, 7) is 5.87. The molecule has 0 radical (unpaired) electrons. The zero-order valence-electron chi connectivity index (χ0n) is 14.9. The van der Waals surface area contributed by atoms with Crippen molar-refractivity contribution in [1.29, 1.82) is 0 Å². The molecule has 2 fully saturated rings. The Hall–Kier alpha value is 0.500. The highest BCUT2D eigenvalue weighted by atomic mass is 33.1. The molecule has 3 rings (SSSR count). The highest BCUT2D eigenvalue weighted by molar-refractivity contribution is 8.86. The Labute approximate surface area is 189 Å². The minimum atomic E-state index is 0.0756. The van der Waals surface area contributed by atoms with E-state index in [1.807, 2.05) is 32.9 Å². The van der Waals surface area contributed by atoms with E-state index in [0.29, 0.717) is 26.4 Å². The van der Waals surface area contributed by atoms with Crippen LogP contribution in [0.4, 0.5) is 9.59 Å². The molecule has 28 heavy (non-hydrogen) atoms. The predicted molar refractivity (Wildman–Crippen MR) is 124 cm³/mol. The lowest BCUT2D eigenvalue weighted by molar-refractivity contribution is 0.0775. The van der Waals surface area contributed by atoms with E-state index in [1.54, 1.807) is 0 Å². The molecule has 6 nitrogen and oxygen atoms in total. The third kappa shape index (κ3) is 8.70. The first-order chi connectivity index (χ1) is 13.7. The lowest BCUT2D eigenvalue weighted by Gasteiger charge is -2.23. The Morgan fingerprint density at radius 1 is 0.679 bits per heavy atom. The van der Waals surface area contributed by atoms with Crippen molar-refractivity contribution >= 4 is 76.0 Å². The first-order valence-electron chi connectivity index (χ1n) is 8.57. The van der Waals surface area contributed by atoms with Crippen molar-refractivity contribution in [3.8, 4) is 0 Å². The van der Waals surface area contributed by atoms with Gasteiger partial charge in [0.15, 0.2) is 0 Å². The minimum absolute atomic E-state index is 0.0756. The lowest BCUT2D eigenvalue weighted by Crippen LogP contribution is -2.31. The normalized spacial score (nSPS) is 18.9. The first-order valence-corrected chi connectivity index (χ1v) is 14.4. The summed E-state index contributed by atoms with van der Waals surface area (Å²) in [5.41, 5.74) is 0. The van der Waals surface area contributed by atoms with Gasteiger partial charge in [-0.3, -0.25) is 9.59 Å². The fourth-order valence-corrected chi connectivity index (χ4v) is 7.83. The van der Waals surface area contributed by atoms with Crippen molar-refractivity contribution in [3.63, 3.8) is 0 Å². The topological polar surface area (TPSA) is 59.1 Å². The number of hydrogen-bond acceptors (Lipinski definition) is 12. The first kappa shape index (κ1) is 23.2. The van der Waals surface area contributed by atoms with Gasteiger partial charge in [0.05, 0.1) is 26.4 Å². The van der Waals surface area contributed by atoms with Crippen LogP contribution in [0.1, 0.15) is 0 Å². The molecular weight excluding hydrogens is 477 g/mol. The maximum absolute atomic E-state index is 12.1. The molecule has 2 saturated heterocycles. The molecule has 12 heteroatoms. The second-order valence-electron chi connectivity index (χ2n) is 5.57. The third-order valence-corrected chi connectivity index (χ3v) is 10.6. The molecule has 0 amide bonds. The van der Waals surface area contributed by atoms with Crippen LogP contribution in [0.5, 0.6) is 0 Å². The zero-order chi connectivity index (χ0) is 19.6. The Kier molecular flexibility index (Phi) is 10.8. The highest BCUT2D eigenvalue weighted by Crippen LogP contribution is 2.40. The van der Waals surface area contributed by atoms with E-state index in [9.17, 15) is 9.59 Å². The standard InChI is InChI=1S/C16H20N2O4S6/c19-15(23-17-5-9-21-10-6-17)27-25-13-1-2-14(4-3-13)26-28-16(20)24-18-7-11-22-12-8-18/h1-4H,5-12H2. The van der Waals surface area contributed by atoms with Crippen LogP contribution in [0.2, 0.25) is 0 Å². The minimum Gasteiger partial charge on any atom is -0.379 e. The summed E-state index contributed by atoms with van der Waals surface area (Å²) < 4.78 is 14.8. The van der Waals surface area contributed by atoms with E-state index in [4.69, 9.17) is 9.47 Å². The van der Waals surface area contributed by atoms with Gasteiger partial charge in [0.25, 0.3) is 8.89 Å². The molecule has 2 aliphatic rings. The van der Waals surface area contributed by atoms with Crippen LogP contribution >= 0.6 is 67.1 Å². The summed E-state index contributed by atoms with van der Waals surface area (Å²) in [7, 11) is 5.39. The quantitative estimate of drug-likeness (QED) is 0.376. The van der Waals surface area contributed by atoms with Crippen LogP contribution in [0.15, 0.2) is 34.1 Å². The molecule has 1 aromatic carbocycles. The molecule has 2 aliphatic heterocycles. The van der Waals surface area contributed by atoms with Gasteiger partial charge in [0, 0.05) is 59.9 Å². The Balaban J connectivity index is 1.33. The molecule has 0 unspecified atom stereocenters. The van der Waals surface area contributed by atoms with Crippen LogP contribution in [-0.4, -0.2) is 70.1 Å². The highest BCUT2D eigenvalue weighted by Gasteiger charge is 2.17. The van der Waals surface area contributed by atoms with Gasteiger partial charge in [-0.25, -0.2) is 8.61 Å². The van der Waals surface area contributed by atoms with Gasteiger partial charge in [-0.05, 0) is 67.4 Å². The molecule has 0 aliphatic carbocycles. The molecule has 0 bridgehead atoms. The average molecular weight is 497 g/mol. The summed E-state index contributed by atoms with van der Waals surface area (Å²) in [6, 6.07) is 7.92. The maximum atomic E-state index is 12.1. The van der Waals surface area contributed by atoms with Crippen molar-refractivity contribution < 1.29 is 19.1 Å². The summed E-state index contributed by atoms with van der Waals surface area (Å²) in [5.74, 6) is 0. The van der Waals surface area contributed by atoms with Gasteiger partial charge in [0.2, 0.25) is 0 Å². The van der Waals surface area contributed by atoms with Gasteiger partial charge < -0.3 is 9.47 Å². The molecule has 1 aromatic rings. The number of benzene rings is 1. The number of hydrogen-bond donors (Lipinski definition) is 0. The largest absolute Gasteiger partial charge is 0.379 e. The second kappa shape index (κ2) is 13.0. The Morgan fingerprint density at radius 3 is 1.39 bits per heavy atom. The van der Waals surface area contributed by atoms with Crippen molar-refractivity contribution in [3.05, 3.63) is 24.3 Å². The van der Waals surface area contributed by atoms with Crippen LogP contribution in [0, 0.1) is 0 Å². The number of morpholine rings is 2. The van der Waals surface area contributed by atoms with Crippen molar-refractivity contribution in [2.45, 2.75) is 9.79 Å². The van der Waals surface area contributed by atoms with Crippen molar-refractivity contribution in [2.75, 3.05) is 52.6 Å². The molecule has 0 atom stereocenters. The zero-order valence-corrected chi connectivity index (χ0v) is 19.8. The molecule has 0 aromatic heterocycles. The van der Waals surface area contributed by atoms with Gasteiger partial charge in [-0.2, -0.15) is 0 Å². The van der Waals surface area contributed by atoms with E-state index >= 15 is 0 Å². The van der Waals surface area contributed by atoms with Gasteiger partial charge in [-0.1, -0.05) is 0 Å². The van der Waals surface area contributed by atoms with Crippen molar-refractivity contribution in [2.24, 2.45) is 0 Å². The Bertz CT molecular complexity index is 584. The van der Waals surface area contributed by atoms with Gasteiger partial charge in [0.1, 0.15) is 0 Å². The van der Waals surface area contributed by atoms with E-state index in [2.05, 4.69) is 0 Å². The van der Waals surface area contributed by atoms with Crippen LogP contribution < -0.4 is 0 Å². The van der Waals surface area contributed by atoms with Crippen LogP contribution in [0.25, 0.3) is 0 Å². The number of carbonyl (C=O) groups is 2. The summed E-state index contributed by atoms with van der Waals surface area (Å²) in [6.07, 6.45) is 0. The number of ether oxygens (including phenoxy) is 2. The molecule has 0 N–H and O–H groups in total. The molecular formula is C16H20N2O4S6. The SMILES string of the molecule is O=C(SSc1ccc(SSC(=O)SN2CCOCC2)cc1)SN1CCOCC1. The predicted octanol–water partition coefficient (Wildman–Crippen LogP) is 5.37. The van der Waals surface area contributed by atoms with Crippen LogP contribution in [0.3, 0.4) is 0 Å². The monoisotopic (exact) mass is 496 g/mol. The van der Waals surface area contributed by atoms with Gasteiger partial charge >= 0.3 is 0 Å². The molecule has 0 spiro atoms. The van der Waals surface area contributed by atoms with E-state index < -0.39 is 0 Å². The third-order valence-electron chi connectivity index (χ3n) is 3.58. The summed E-state index contributed by atoms with van der Waals surface area (Å²) in [4.78, 5) is 26.1. The molecule has 2 heterocycles.